The first-order valence-electron chi connectivity index (χ1n) is 4.94. The van der Waals surface area contributed by atoms with Crippen molar-refractivity contribution in [1.82, 2.24) is 0 Å². The molecule has 0 aliphatic rings. The topological polar surface area (TPSA) is 70.3 Å². The second-order valence-electron chi connectivity index (χ2n) is 3.36. The Bertz CT molecular complexity index is 446. The van der Waals surface area contributed by atoms with Crippen LogP contribution < -0.4 is 4.74 Å². The number of carboxylic acid groups (broad SMARTS) is 1. The molecular weight excluding hydrogens is 206 g/mol. The molecule has 0 amide bonds. The van der Waals surface area contributed by atoms with Crippen LogP contribution in [-0.4, -0.2) is 18.2 Å². The van der Waals surface area contributed by atoms with Gasteiger partial charge >= 0.3 is 5.97 Å². The number of benzene rings is 1. The van der Waals surface area contributed by atoms with E-state index >= 15 is 0 Å². The van der Waals surface area contributed by atoms with Crippen LogP contribution in [0.25, 0.3) is 0 Å². The Morgan fingerprint density at radius 1 is 1.50 bits per heavy atom. The van der Waals surface area contributed by atoms with Gasteiger partial charge in [0.05, 0.1) is 25.2 Å². The van der Waals surface area contributed by atoms with Crippen molar-refractivity contribution < 1.29 is 14.6 Å². The molecule has 1 aromatic carbocycles. The first-order chi connectivity index (χ1) is 7.62. The lowest BCUT2D eigenvalue weighted by Crippen LogP contribution is -2.05. The average molecular weight is 219 g/mol. The third-order valence-electron chi connectivity index (χ3n) is 2.35. The van der Waals surface area contributed by atoms with Crippen molar-refractivity contribution >= 4 is 5.97 Å². The van der Waals surface area contributed by atoms with Gasteiger partial charge in [0.1, 0.15) is 5.75 Å². The van der Waals surface area contributed by atoms with Crippen molar-refractivity contribution in [3.8, 4) is 11.8 Å². The lowest BCUT2D eigenvalue weighted by molar-refractivity contribution is -0.136. The number of hydrogen-bond donors (Lipinski definition) is 1. The Balaban J connectivity index is 3.32. The fourth-order valence-electron chi connectivity index (χ4n) is 1.58. The van der Waals surface area contributed by atoms with Crippen LogP contribution in [0, 0.1) is 11.3 Å². The minimum Gasteiger partial charge on any atom is -0.497 e. The third-order valence-corrected chi connectivity index (χ3v) is 2.35. The van der Waals surface area contributed by atoms with E-state index in [4.69, 9.17) is 15.1 Å². The SMILES string of the molecule is CCc1cc(OC)cc(CC(=O)O)c1C#N. The molecule has 0 aliphatic heterocycles. The van der Waals surface area contributed by atoms with Crippen LogP contribution in [0.3, 0.4) is 0 Å². The predicted octanol–water partition coefficient (Wildman–Crippen LogP) is 1.76. The molecule has 0 fully saturated rings. The summed E-state index contributed by atoms with van der Waals surface area (Å²) in [5.74, 6) is -0.362. The number of ether oxygens (including phenoxy) is 1. The molecule has 1 aromatic rings. The Morgan fingerprint density at radius 3 is 2.56 bits per heavy atom. The first kappa shape index (κ1) is 12.1. The van der Waals surface area contributed by atoms with Crippen molar-refractivity contribution in [2.24, 2.45) is 0 Å². The van der Waals surface area contributed by atoms with Crippen molar-refractivity contribution in [3.63, 3.8) is 0 Å². The number of nitriles is 1. The molecule has 0 aromatic heterocycles. The van der Waals surface area contributed by atoms with Crippen LogP contribution in [0.4, 0.5) is 0 Å². The summed E-state index contributed by atoms with van der Waals surface area (Å²) in [7, 11) is 1.52. The molecule has 0 aliphatic carbocycles. The zero-order valence-electron chi connectivity index (χ0n) is 9.28. The zero-order chi connectivity index (χ0) is 12.1. The Kier molecular flexibility index (Phi) is 3.90. The first-order valence-corrected chi connectivity index (χ1v) is 4.94. The van der Waals surface area contributed by atoms with Crippen LogP contribution in [-0.2, 0) is 17.6 Å². The van der Waals surface area contributed by atoms with Crippen LogP contribution >= 0.6 is 0 Å². The number of hydrogen-bond acceptors (Lipinski definition) is 3. The summed E-state index contributed by atoms with van der Waals surface area (Å²) in [6.07, 6.45) is 0.514. The molecule has 0 unspecified atom stereocenters. The highest BCUT2D eigenvalue weighted by Crippen LogP contribution is 2.23. The number of carbonyl (C=O) groups is 1. The largest absolute Gasteiger partial charge is 0.497 e. The van der Waals surface area contributed by atoms with Crippen molar-refractivity contribution in [2.75, 3.05) is 7.11 Å². The van der Waals surface area contributed by atoms with E-state index < -0.39 is 5.97 Å². The summed E-state index contributed by atoms with van der Waals surface area (Å²) < 4.78 is 5.08. The fraction of sp³-hybridized carbons (Fsp3) is 0.333. The van der Waals surface area contributed by atoms with Crippen LogP contribution in [0.2, 0.25) is 0 Å². The van der Waals surface area contributed by atoms with E-state index in [-0.39, 0.29) is 6.42 Å². The number of nitrogens with zero attached hydrogens (tertiary/aromatic N) is 1. The fourth-order valence-corrected chi connectivity index (χ4v) is 1.58. The van der Waals surface area contributed by atoms with Crippen molar-refractivity contribution in [3.05, 3.63) is 28.8 Å². The number of rotatable bonds is 4. The number of carboxylic acids is 1. The molecule has 4 nitrogen and oxygen atoms in total. The normalized spacial score (nSPS) is 9.56. The number of aryl methyl sites for hydroxylation is 1. The molecule has 0 spiro atoms. The quantitative estimate of drug-likeness (QED) is 0.837. The molecule has 1 N–H and O–H groups in total. The molecule has 0 radical (unpaired) electrons. The van der Waals surface area contributed by atoms with Gasteiger partial charge in [-0.1, -0.05) is 6.92 Å². The maximum atomic E-state index is 10.7. The smallest absolute Gasteiger partial charge is 0.307 e. The highest BCUT2D eigenvalue weighted by Gasteiger charge is 2.12. The highest BCUT2D eigenvalue weighted by atomic mass is 16.5. The number of aliphatic carboxylic acids is 1. The minimum absolute atomic E-state index is 0.160. The van der Waals surface area contributed by atoms with E-state index in [1.54, 1.807) is 12.1 Å². The molecular formula is C12H13NO3. The summed E-state index contributed by atoms with van der Waals surface area (Å²) in [4.78, 5) is 10.7. The standard InChI is InChI=1S/C12H13NO3/c1-3-8-4-10(16-2)5-9(6-12(14)15)11(8)7-13/h4-5H,3,6H2,1-2H3,(H,14,15). The average Bonchev–Trinajstić information content (AvgIpc) is 2.27. The third kappa shape index (κ3) is 2.51. The zero-order valence-corrected chi connectivity index (χ0v) is 9.28. The second kappa shape index (κ2) is 5.17. The lowest BCUT2D eigenvalue weighted by Gasteiger charge is -2.09. The molecule has 84 valence electrons. The molecule has 0 heterocycles. The van der Waals surface area contributed by atoms with Gasteiger partial charge in [0.25, 0.3) is 0 Å². The van der Waals surface area contributed by atoms with Gasteiger partial charge in [-0.05, 0) is 29.7 Å². The molecule has 0 saturated carbocycles. The van der Waals surface area contributed by atoms with E-state index in [1.807, 2.05) is 6.92 Å². The van der Waals surface area contributed by atoms with Gasteiger partial charge in [0.15, 0.2) is 0 Å². The van der Waals surface area contributed by atoms with Gasteiger partial charge in [-0.2, -0.15) is 5.26 Å². The van der Waals surface area contributed by atoms with Gasteiger partial charge in [-0.3, -0.25) is 4.79 Å². The molecule has 16 heavy (non-hydrogen) atoms. The monoisotopic (exact) mass is 219 g/mol. The van der Waals surface area contributed by atoms with E-state index in [9.17, 15) is 4.79 Å². The Labute approximate surface area is 94.1 Å². The Hall–Kier alpha value is -2.02. The van der Waals surface area contributed by atoms with E-state index in [2.05, 4.69) is 6.07 Å². The molecule has 0 bridgehead atoms. The lowest BCUT2D eigenvalue weighted by atomic mass is 9.97. The predicted molar refractivity (Wildman–Crippen MR) is 58.4 cm³/mol. The Morgan fingerprint density at radius 2 is 2.12 bits per heavy atom. The van der Waals surface area contributed by atoms with Gasteiger partial charge in [-0.25, -0.2) is 0 Å². The summed E-state index contributed by atoms with van der Waals surface area (Å²) in [5.41, 5.74) is 1.77. The maximum Gasteiger partial charge on any atom is 0.307 e. The molecule has 4 heteroatoms. The van der Waals surface area contributed by atoms with Gasteiger partial charge in [0, 0.05) is 0 Å². The summed E-state index contributed by atoms with van der Waals surface area (Å²) in [6.45, 7) is 1.92. The van der Waals surface area contributed by atoms with Gasteiger partial charge in [-0.15, -0.1) is 0 Å². The van der Waals surface area contributed by atoms with Crippen molar-refractivity contribution in [1.29, 1.82) is 5.26 Å². The van der Waals surface area contributed by atoms with Crippen LogP contribution in [0.1, 0.15) is 23.6 Å². The van der Waals surface area contributed by atoms with E-state index in [0.717, 1.165) is 5.56 Å². The van der Waals surface area contributed by atoms with Gasteiger partial charge in [0.2, 0.25) is 0 Å². The van der Waals surface area contributed by atoms with Crippen molar-refractivity contribution in [2.45, 2.75) is 19.8 Å². The summed E-state index contributed by atoms with van der Waals surface area (Å²) in [5, 5.41) is 17.8. The summed E-state index contributed by atoms with van der Waals surface area (Å²) >= 11 is 0. The maximum absolute atomic E-state index is 10.7. The number of methoxy groups -OCH3 is 1. The molecule has 0 atom stereocenters. The highest BCUT2D eigenvalue weighted by molar-refractivity contribution is 5.72. The van der Waals surface area contributed by atoms with Crippen LogP contribution in [0.15, 0.2) is 12.1 Å². The molecule has 0 saturated heterocycles. The minimum atomic E-state index is -0.952. The van der Waals surface area contributed by atoms with E-state index in [1.165, 1.54) is 7.11 Å². The van der Waals surface area contributed by atoms with E-state index in [0.29, 0.717) is 23.3 Å². The summed E-state index contributed by atoms with van der Waals surface area (Å²) in [6, 6.07) is 5.42. The van der Waals surface area contributed by atoms with Gasteiger partial charge < -0.3 is 9.84 Å². The van der Waals surface area contributed by atoms with Crippen LogP contribution in [0.5, 0.6) is 5.75 Å². The molecule has 1 rings (SSSR count). The second-order valence-corrected chi connectivity index (χ2v) is 3.36.